The van der Waals surface area contributed by atoms with E-state index in [1.807, 2.05) is 0 Å². The van der Waals surface area contributed by atoms with Crippen LogP contribution in [-0.2, 0) is 10.1 Å². The van der Waals surface area contributed by atoms with Crippen molar-refractivity contribution in [1.82, 2.24) is 0 Å². The van der Waals surface area contributed by atoms with Gasteiger partial charge in [0, 0.05) is 57.5 Å². The Balaban J connectivity index is 0.00000320. The van der Waals surface area contributed by atoms with Gasteiger partial charge in [0.1, 0.15) is 16.3 Å². The monoisotopic (exact) mass is 480 g/mol. The molecule has 3 N–H and O–H groups in total. The van der Waals surface area contributed by atoms with Gasteiger partial charge in [-0.25, -0.2) is 0 Å². The van der Waals surface area contributed by atoms with E-state index in [1.54, 1.807) is 0 Å². The molecular formula is C16H9Cl2N3NaO7S. The molecule has 0 unspecified atom stereocenters. The molecular weight excluding hydrogens is 472 g/mol. The molecule has 0 aromatic heterocycles. The van der Waals surface area contributed by atoms with Crippen molar-refractivity contribution in [2.24, 2.45) is 10.2 Å². The number of halogens is 2. The van der Waals surface area contributed by atoms with Gasteiger partial charge in [-0.05, 0) is 18.2 Å². The van der Waals surface area contributed by atoms with Crippen molar-refractivity contribution in [3.05, 3.63) is 56.6 Å². The second kappa shape index (κ2) is 9.02. The average Bonchev–Trinajstić information content (AvgIpc) is 2.63. The van der Waals surface area contributed by atoms with Gasteiger partial charge in [0.2, 0.25) is 0 Å². The maximum Gasteiger partial charge on any atom is 0.298 e. The van der Waals surface area contributed by atoms with Gasteiger partial charge in [-0.1, -0.05) is 29.3 Å². The number of aromatic hydroxyl groups is 2. The number of hydrogen-bond acceptors (Lipinski definition) is 8. The van der Waals surface area contributed by atoms with E-state index in [1.165, 1.54) is 24.3 Å². The van der Waals surface area contributed by atoms with Crippen molar-refractivity contribution in [2.75, 3.05) is 0 Å². The van der Waals surface area contributed by atoms with Crippen LogP contribution in [0.4, 0.5) is 17.1 Å². The summed E-state index contributed by atoms with van der Waals surface area (Å²) in [5.41, 5.74) is -1.52. The van der Waals surface area contributed by atoms with Gasteiger partial charge in [-0.2, -0.15) is 8.42 Å². The molecule has 3 rings (SSSR count). The third kappa shape index (κ3) is 4.67. The van der Waals surface area contributed by atoms with Crippen molar-refractivity contribution >= 4 is 90.7 Å². The fourth-order valence-corrected chi connectivity index (χ4v) is 3.58. The molecule has 0 aliphatic heterocycles. The Morgan fingerprint density at radius 3 is 2.13 bits per heavy atom. The van der Waals surface area contributed by atoms with Crippen LogP contribution < -0.4 is 0 Å². The minimum Gasteiger partial charge on any atom is -0.505 e. The quantitative estimate of drug-likeness (QED) is 0.159. The van der Waals surface area contributed by atoms with E-state index in [4.69, 9.17) is 27.8 Å². The second-order valence-corrected chi connectivity index (χ2v) is 7.83. The van der Waals surface area contributed by atoms with E-state index >= 15 is 0 Å². The number of hydrogen-bond donors (Lipinski definition) is 3. The predicted molar refractivity (Wildman–Crippen MR) is 110 cm³/mol. The number of phenolic OH excluding ortho intramolecular Hbond substituents is 2. The summed E-state index contributed by atoms with van der Waals surface area (Å²) in [6, 6.07) is 7.02. The van der Waals surface area contributed by atoms with Crippen LogP contribution in [0.3, 0.4) is 0 Å². The molecule has 10 nitrogen and oxygen atoms in total. The molecule has 3 aromatic rings. The van der Waals surface area contributed by atoms with Gasteiger partial charge in [0.05, 0.1) is 9.95 Å². The zero-order valence-electron chi connectivity index (χ0n) is 14.9. The Kier molecular flexibility index (Phi) is 7.30. The van der Waals surface area contributed by atoms with Crippen molar-refractivity contribution in [3.63, 3.8) is 0 Å². The van der Waals surface area contributed by atoms with E-state index in [2.05, 4.69) is 10.2 Å². The summed E-state index contributed by atoms with van der Waals surface area (Å²) in [4.78, 5) is 8.94. The standard InChI is InChI=1S/C16H9Cl2N3O7S.Na/c17-9-2-3-10(18)14-8(9)1-4-11(16(14)23)19-20-12-5-7(21(24)25)6-13(15(12)22)29(26,27)28;/h1-6,22-23H,(H,26,27,28);. The van der Waals surface area contributed by atoms with Crippen LogP contribution in [0.25, 0.3) is 10.8 Å². The normalized spacial score (nSPS) is 11.6. The molecule has 14 heteroatoms. The van der Waals surface area contributed by atoms with E-state index in [-0.39, 0.29) is 45.7 Å². The van der Waals surface area contributed by atoms with Gasteiger partial charge in [-0.15, -0.1) is 10.2 Å². The molecule has 0 bridgehead atoms. The topological polar surface area (TPSA) is 163 Å². The van der Waals surface area contributed by atoms with E-state index in [0.29, 0.717) is 16.5 Å². The number of non-ortho nitro benzene ring substituents is 1. The summed E-state index contributed by atoms with van der Waals surface area (Å²) in [7, 11) is -4.98. The van der Waals surface area contributed by atoms with E-state index < -0.39 is 42.8 Å². The molecule has 0 atom stereocenters. The van der Waals surface area contributed by atoms with Crippen LogP contribution in [0.2, 0.25) is 10.0 Å². The van der Waals surface area contributed by atoms with Crippen molar-refractivity contribution in [2.45, 2.75) is 4.90 Å². The summed E-state index contributed by atoms with van der Waals surface area (Å²) in [6.45, 7) is 0. The first-order valence-electron chi connectivity index (χ1n) is 7.51. The van der Waals surface area contributed by atoms with Crippen LogP contribution in [0.1, 0.15) is 0 Å². The summed E-state index contributed by atoms with van der Waals surface area (Å²) in [6.07, 6.45) is 0. The summed E-state index contributed by atoms with van der Waals surface area (Å²) in [5, 5.41) is 39.8. The summed E-state index contributed by atoms with van der Waals surface area (Å²) >= 11 is 12.1. The first-order valence-corrected chi connectivity index (χ1v) is 9.70. The maximum absolute atomic E-state index is 11.4. The third-order valence-corrected chi connectivity index (χ3v) is 5.33. The van der Waals surface area contributed by atoms with Gasteiger partial charge in [-0.3, -0.25) is 14.7 Å². The number of nitro benzene ring substituents is 1. The van der Waals surface area contributed by atoms with Gasteiger partial charge < -0.3 is 10.2 Å². The van der Waals surface area contributed by atoms with E-state index in [0.717, 1.165) is 6.07 Å². The summed E-state index contributed by atoms with van der Waals surface area (Å²) in [5.74, 6) is -1.46. The molecule has 0 heterocycles. The second-order valence-electron chi connectivity index (χ2n) is 5.63. The number of fused-ring (bicyclic) bond motifs is 1. The molecule has 0 spiro atoms. The molecule has 0 aliphatic rings. The zero-order chi connectivity index (χ0) is 21.5. The number of phenols is 2. The molecule has 30 heavy (non-hydrogen) atoms. The number of benzene rings is 3. The number of nitrogens with zero attached hydrogens (tertiary/aromatic N) is 3. The third-order valence-electron chi connectivity index (χ3n) is 3.82. The van der Waals surface area contributed by atoms with Crippen LogP contribution >= 0.6 is 23.2 Å². The Labute approximate surface area is 201 Å². The smallest absolute Gasteiger partial charge is 0.298 e. The largest absolute Gasteiger partial charge is 0.505 e. The molecule has 3 aromatic carbocycles. The van der Waals surface area contributed by atoms with Crippen molar-refractivity contribution in [3.8, 4) is 11.5 Å². The van der Waals surface area contributed by atoms with Crippen LogP contribution in [0, 0.1) is 10.1 Å². The fraction of sp³-hybridized carbons (Fsp3) is 0. The Hall–Kier alpha value is -1.99. The molecule has 0 fully saturated rings. The maximum atomic E-state index is 11.4. The minimum atomic E-state index is -4.98. The first-order chi connectivity index (χ1) is 13.5. The Morgan fingerprint density at radius 1 is 0.933 bits per heavy atom. The molecule has 0 aliphatic carbocycles. The fourth-order valence-electron chi connectivity index (χ4n) is 2.49. The minimum absolute atomic E-state index is 0. The molecule has 0 amide bonds. The van der Waals surface area contributed by atoms with E-state index in [9.17, 15) is 28.7 Å². The summed E-state index contributed by atoms with van der Waals surface area (Å²) < 4.78 is 31.9. The Morgan fingerprint density at radius 2 is 1.53 bits per heavy atom. The van der Waals surface area contributed by atoms with Crippen LogP contribution in [0.5, 0.6) is 11.5 Å². The van der Waals surface area contributed by atoms with Gasteiger partial charge in [0.25, 0.3) is 15.8 Å². The number of rotatable bonds is 4. The van der Waals surface area contributed by atoms with Gasteiger partial charge >= 0.3 is 0 Å². The van der Waals surface area contributed by atoms with Crippen LogP contribution in [-0.4, -0.2) is 57.7 Å². The molecule has 151 valence electrons. The SMILES string of the molecule is O=[N+]([O-])c1cc(N=Nc2ccc3c(Cl)ccc(Cl)c3c2O)c(O)c(S(=O)(=O)O)c1.[Na]. The predicted octanol–water partition coefficient (Wildman–Crippen LogP) is 4.75. The van der Waals surface area contributed by atoms with Gasteiger partial charge in [0.15, 0.2) is 11.5 Å². The van der Waals surface area contributed by atoms with Crippen LogP contribution in [0.15, 0.2) is 51.5 Å². The molecule has 1 radical (unpaired) electrons. The zero-order valence-corrected chi connectivity index (χ0v) is 19.3. The average molecular weight is 481 g/mol. The first kappa shape index (κ1) is 24.3. The van der Waals surface area contributed by atoms with Crippen molar-refractivity contribution < 1.29 is 28.1 Å². The molecule has 0 saturated heterocycles. The molecule has 0 saturated carbocycles. The number of nitro groups is 1. The van der Waals surface area contributed by atoms with Crippen molar-refractivity contribution in [1.29, 1.82) is 0 Å². The number of azo groups is 1. The Bertz CT molecular complexity index is 1320.